The molecule has 1 fully saturated rings. The van der Waals surface area contributed by atoms with E-state index in [1.165, 1.54) is 0 Å². The first-order valence-electron chi connectivity index (χ1n) is 8.73. The first kappa shape index (κ1) is 17.2. The van der Waals surface area contributed by atoms with Crippen molar-refractivity contribution < 1.29 is 9.53 Å². The number of rotatable bonds is 6. The Morgan fingerprint density at radius 2 is 2.04 bits per heavy atom. The maximum Gasteiger partial charge on any atom is 0.226 e. The van der Waals surface area contributed by atoms with Crippen molar-refractivity contribution in [1.82, 2.24) is 14.9 Å². The molecule has 6 heteroatoms. The van der Waals surface area contributed by atoms with Crippen molar-refractivity contribution in [2.45, 2.75) is 25.7 Å². The number of amides is 1. The number of piperidine rings is 1. The van der Waals surface area contributed by atoms with Gasteiger partial charge in [-0.05, 0) is 37.3 Å². The molecule has 6 nitrogen and oxygen atoms in total. The summed E-state index contributed by atoms with van der Waals surface area (Å²) in [5, 5.41) is 0. The SMILES string of the molecule is Nc1nccnc1C[C@@H]1CCCN(C(=O)CCOc2ccccc2)C1. The molecular weight excluding hydrogens is 316 g/mol. The van der Waals surface area contributed by atoms with Gasteiger partial charge in [-0.1, -0.05) is 18.2 Å². The number of nitrogen functional groups attached to an aromatic ring is 1. The first-order valence-corrected chi connectivity index (χ1v) is 8.73. The van der Waals surface area contributed by atoms with Crippen LogP contribution in [0.5, 0.6) is 5.75 Å². The Bertz CT molecular complexity index is 693. The van der Waals surface area contributed by atoms with E-state index in [0.717, 1.165) is 43.8 Å². The van der Waals surface area contributed by atoms with Gasteiger partial charge in [0.25, 0.3) is 0 Å². The van der Waals surface area contributed by atoms with Gasteiger partial charge >= 0.3 is 0 Å². The molecule has 0 aliphatic carbocycles. The van der Waals surface area contributed by atoms with Crippen LogP contribution in [0, 0.1) is 5.92 Å². The van der Waals surface area contributed by atoms with Crippen LogP contribution in [-0.4, -0.2) is 40.5 Å². The largest absolute Gasteiger partial charge is 0.493 e. The fourth-order valence-corrected chi connectivity index (χ4v) is 3.20. The molecule has 2 aromatic rings. The van der Waals surface area contributed by atoms with Crippen molar-refractivity contribution in [2.75, 3.05) is 25.4 Å². The number of ether oxygens (including phenoxy) is 1. The van der Waals surface area contributed by atoms with Gasteiger partial charge in [0.05, 0.1) is 18.7 Å². The van der Waals surface area contributed by atoms with Gasteiger partial charge in [0.1, 0.15) is 11.6 Å². The van der Waals surface area contributed by atoms with E-state index in [1.54, 1.807) is 12.4 Å². The van der Waals surface area contributed by atoms with Crippen LogP contribution in [0.15, 0.2) is 42.7 Å². The van der Waals surface area contributed by atoms with Crippen molar-refractivity contribution in [3.8, 4) is 5.75 Å². The van der Waals surface area contributed by atoms with Gasteiger partial charge in [0.2, 0.25) is 5.91 Å². The van der Waals surface area contributed by atoms with Crippen LogP contribution in [0.25, 0.3) is 0 Å². The van der Waals surface area contributed by atoms with Crippen molar-refractivity contribution in [1.29, 1.82) is 0 Å². The monoisotopic (exact) mass is 340 g/mol. The Labute approximate surface area is 148 Å². The molecule has 0 radical (unpaired) electrons. The molecule has 0 spiro atoms. The molecule has 1 saturated heterocycles. The smallest absolute Gasteiger partial charge is 0.226 e. The molecule has 3 rings (SSSR count). The summed E-state index contributed by atoms with van der Waals surface area (Å²) in [5.74, 6) is 1.81. The van der Waals surface area contributed by atoms with Crippen LogP contribution in [0.1, 0.15) is 25.0 Å². The number of carbonyl (C=O) groups is 1. The minimum absolute atomic E-state index is 0.146. The minimum atomic E-state index is 0.146. The quantitative estimate of drug-likeness (QED) is 0.873. The molecule has 2 N–H and O–H groups in total. The van der Waals surface area contributed by atoms with E-state index in [0.29, 0.717) is 24.8 Å². The van der Waals surface area contributed by atoms with Gasteiger partial charge in [-0.25, -0.2) is 4.98 Å². The summed E-state index contributed by atoms with van der Waals surface area (Å²) < 4.78 is 5.62. The zero-order valence-corrected chi connectivity index (χ0v) is 14.3. The molecule has 1 aliphatic rings. The lowest BCUT2D eigenvalue weighted by molar-refractivity contribution is -0.133. The van der Waals surface area contributed by atoms with E-state index in [4.69, 9.17) is 10.5 Å². The van der Waals surface area contributed by atoms with E-state index in [2.05, 4.69) is 9.97 Å². The molecule has 2 heterocycles. The number of para-hydroxylation sites is 1. The number of nitrogens with two attached hydrogens (primary N) is 1. The molecule has 0 bridgehead atoms. The fraction of sp³-hybridized carbons (Fsp3) is 0.421. The lowest BCUT2D eigenvalue weighted by Crippen LogP contribution is -2.41. The van der Waals surface area contributed by atoms with E-state index < -0.39 is 0 Å². The molecule has 1 aromatic heterocycles. The lowest BCUT2D eigenvalue weighted by Gasteiger charge is -2.32. The van der Waals surface area contributed by atoms with Crippen LogP contribution >= 0.6 is 0 Å². The van der Waals surface area contributed by atoms with Crippen LogP contribution in [0.3, 0.4) is 0 Å². The van der Waals surface area contributed by atoms with Gasteiger partial charge < -0.3 is 15.4 Å². The Morgan fingerprint density at radius 3 is 2.84 bits per heavy atom. The normalized spacial score (nSPS) is 17.3. The molecule has 0 saturated carbocycles. The molecule has 132 valence electrons. The zero-order chi connectivity index (χ0) is 17.5. The summed E-state index contributed by atoms with van der Waals surface area (Å²) >= 11 is 0. The van der Waals surface area contributed by atoms with E-state index in [1.807, 2.05) is 35.2 Å². The third-order valence-corrected chi connectivity index (χ3v) is 4.49. The number of aromatic nitrogens is 2. The Hall–Kier alpha value is -2.63. The average Bonchev–Trinajstić information content (AvgIpc) is 2.65. The van der Waals surface area contributed by atoms with Crippen LogP contribution in [0.2, 0.25) is 0 Å². The third kappa shape index (κ3) is 4.92. The predicted molar refractivity (Wildman–Crippen MR) is 96.0 cm³/mol. The summed E-state index contributed by atoms with van der Waals surface area (Å²) in [5.41, 5.74) is 6.71. The van der Waals surface area contributed by atoms with Crippen molar-refractivity contribution in [3.05, 3.63) is 48.4 Å². The highest BCUT2D eigenvalue weighted by Crippen LogP contribution is 2.22. The number of benzene rings is 1. The Kier molecular flexibility index (Phi) is 5.82. The van der Waals surface area contributed by atoms with E-state index in [-0.39, 0.29) is 5.91 Å². The standard InChI is InChI=1S/C19H24N4O2/c20-19-17(21-9-10-22-19)13-15-5-4-11-23(14-15)18(24)8-12-25-16-6-2-1-3-7-16/h1-3,6-7,9-10,15H,4-5,8,11-14H2,(H2,20,22)/t15-/m0/s1. The maximum absolute atomic E-state index is 12.4. The highest BCUT2D eigenvalue weighted by molar-refractivity contribution is 5.76. The van der Waals surface area contributed by atoms with Gasteiger partial charge in [0, 0.05) is 25.5 Å². The van der Waals surface area contributed by atoms with Crippen LogP contribution < -0.4 is 10.5 Å². The zero-order valence-electron chi connectivity index (χ0n) is 14.3. The highest BCUT2D eigenvalue weighted by atomic mass is 16.5. The summed E-state index contributed by atoms with van der Waals surface area (Å²) in [6.45, 7) is 1.97. The number of nitrogens with zero attached hydrogens (tertiary/aromatic N) is 3. The number of hydrogen-bond donors (Lipinski definition) is 1. The molecule has 1 atom stereocenters. The van der Waals surface area contributed by atoms with E-state index >= 15 is 0 Å². The first-order chi connectivity index (χ1) is 12.2. The third-order valence-electron chi connectivity index (χ3n) is 4.49. The second-order valence-electron chi connectivity index (χ2n) is 6.35. The second-order valence-corrected chi connectivity index (χ2v) is 6.35. The number of anilines is 1. The topological polar surface area (TPSA) is 81.3 Å². The average molecular weight is 340 g/mol. The molecule has 25 heavy (non-hydrogen) atoms. The Morgan fingerprint density at radius 1 is 1.24 bits per heavy atom. The second kappa shape index (κ2) is 8.46. The summed E-state index contributed by atoms with van der Waals surface area (Å²) in [6.07, 6.45) is 6.52. The number of likely N-dealkylation sites (tertiary alicyclic amines) is 1. The summed E-state index contributed by atoms with van der Waals surface area (Å²) in [4.78, 5) is 22.8. The molecule has 1 aliphatic heterocycles. The molecular formula is C19H24N4O2. The minimum Gasteiger partial charge on any atom is -0.493 e. The van der Waals surface area contributed by atoms with E-state index in [9.17, 15) is 4.79 Å². The lowest BCUT2D eigenvalue weighted by atomic mass is 9.93. The number of carbonyl (C=O) groups excluding carboxylic acids is 1. The summed E-state index contributed by atoms with van der Waals surface area (Å²) in [6, 6.07) is 9.57. The fourth-order valence-electron chi connectivity index (χ4n) is 3.20. The van der Waals surface area contributed by atoms with Gasteiger partial charge in [0.15, 0.2) is 0 Å². The van der Waals surface area contributed by atoms with Crippen LogP contribution in [0.4, 0.5) is 5.82 Å². The van der Waals surface area contributed by atoms with Crippen molar-refractivity contribution in [3.63, 3.8) is 0 Å². The van der Waals surface area contributed by atoms with Crippen LogP contribution in [-0.2, 0) is 11.2 Å². The van der Waals surface area contributed by atoms with Gasteiger partial charge in [-0.2, -0.15) is 0 Å². The predicted octanol–water partition coefficient (Wildman–Crippen LogP) is 2.31. The molecule has 1 amide bonds. The highest BCUT2D eigenvalue weighted by Gasteiger charge is 2.24. The maximum atomic E-state index is 12.4. The van der Waals surface area contributed by atoms with Gasteiger partial charge in [-0.3, -0.25) is 9.78 Å². The number of hydrogen-bond acceptors (Lipinski definition) is 5. The van der Waals surface area contributed by atoms with Crippen molar-refractivity contribution >= 4 is 11.7 Å². The van der Waals surface area contributed by atoms with Gasteiger partial charge in [-0.15, -0.1) is 0 Å². The van der Waals surface area contributed by atoms with Crippen molar-refractivity contribution in [2.24, 2.45) is 5.92 Å². The molecule has 0 unspecified atom stereocenters. The molecule has 1 aromatic carbocycles. The summed E-state index contributed by atoms with van der Waals surface area (Å²) in [7, 11) is 0. The Balaban J connectivity index is 1.47.